The first-order valence-electron chi connectivity index (χ1n) is 3.91. The van der Waals surface area contributed by atoms with Crippen LogP contribution in [0.15, 0.2) is 17.5 Å². The molecule has 1 heterocycles. The van der Waals surface area contributed by atoms with Gasteiger partial charge < -0.3 is 0 Å². The van der Waals surface area contributed by atoms with Gasteiger partial charge in [0.05, 0.1) is 4.88 Å². The number of amides is 1. The van der Waals surface area contributed by atoms with E-state index in [0.717, 1.165) is 17.7 Å². The van der Waals surface area contributed by atoms with Crippen LogP contribution in [0.4, 0.5) is 0 Å². The van der Waals surface area contributed by atoms with Gasteiger partial charge in [-0.2, -0.15) is 0 Å². The minimum absolute atomic E-state index is 0.0486. The first kappa shape index (κ1) is 7.76. The highest BCUT2D eigenvalue weighted by Gasteiger charge is 2.31. The molecule has 4 heteroatoms. The Balaban J connectivity index is 2.09. The number of nitrogens with zero attached hydrogens (tertiary/aromatic N) is 1. The van der Waals surface area contributed by atoms with E-state index in [1.807, 2.05) is 11.4 Å². The molecule has 1 aromatic heterocycles. The first-order valence-corrected chi connectivity index (χ1v) is 4.79. The molecular weight excluding hydrogens is 172 g/mol. The molecule has 0 unspecified atom stereocenters. The van der Waals surface area contributed by atoms with Gasteiger partial charge in [-0.1, -0.05) is 6.07 Å². The van der Waals surface area contributed by atoms with E-state index in [0.29, 0.717) is 6.04 Å². The van der Waals surface area contributed by atoms with Crippen LogP contribution in [0.1, 0.15) is 22.5 Å². The van der Waals surface area contributed by atoms with E-state index in [1.165, 1.54) is 16.3 Å². The number of hydrogen-bond acceptors (Lipinski definition) is 3. The molecule has 1 aliphatic carbocycles. The highest BCUT2D eigenvalue weighted by atomic mass is 32.1. The van der Waals surface area contributed by atoms with Crippen LogP contribution in [0.3, 0.4) is 0 Å². The number of thiophene rings is 1. The van der Waals surface area contributed by atoms with E-state index < -0.39 is 0 Å². The van der Waals surface area contributed by atoms with Crippen molar-refractivity contribution in [3.8, 4) is 0 Å². The maximum absolute atomic E-state index is 11.5. The average Bonchev–Trinajstić information content (AvgIpc) is 2.79. The third kappa shape index (κ3) is 1.35. The number of carbonyl (C=O) groups excluding carboxylic acids is 1. The molecule has 1 fully saturated rings. The van der Waals surface area contributed by atoms with Crippen LogP contribution in [0, 0.1) is 0 Å². The third-order valence-corrected chi connectivity index (χ3v) is 2.76. The Hall–Kier alpha value is -0.870. The summed E-state index contributed by atoms with van der Waals surface area (Å²) in [4.78, 5) is 12.2. The van der Waals surface area contributed by atoms with Crippen molar-refractivity contribution in [2.45, 2.75) is 18.9 Å². The smallest absolute Gasteiger partial charge is 0.273 e. The van der Waals surface area contributed by atoms with Crippen molar-refractivity contribution in [1.82, 2.24) is 5.01 Å². The van der Waals surface area contributed by atoms with E-state index in [2.05, 4.69) is 0 Å². The van der Waals surface area contributed by atoms with Crippen LogP contribution >= 0.6 is 11.3 Å². The molecule has 0 saturated heterocycles. The van der Waals surface area contributed by atoms with Crippen LogP contribution in [-0.2, 0) is 0 Å². The Morgan fingerprint density at radius 1 is 1.67 bits per heavy atom. The predicted molar refractivity (Wildman–Crippen MR) is 47.7 cm³/mol. The van der Waals surface area contributed by atoms with Crippen molar-refractivity contribution in [2.24, 2.45) is 5.84 Å². The van der Waals surface area contributed by atoms with Crippen molar-refractivity contribution in [3.63, 3.8) is 0 Å². The lowest BCUT2D eigenvalue weighted by Crippen LogP contribution is -2.38. The molecule has 64 valence electrons. The molecular formula is C8H10N2OS. The summed E-state index contributed by atoms with van der Waals surface area (Å²) in [5.41, 5.74) is 0. The zero-order valence-electron chi connectivity index (χ0n) is 6.56. The molecule has 1 aromatic rings. The summed E-state index contributed by atoms with van der Waals surface area (Å²) in [6.07, 6.45) is 2.10. The molecule has 1 saturated carbocycles. The molecule has 3 nitrogen and oxygen atoms in total. The second kappa shape index (κ2) is 2.88. The minimum atomic E-state index is -0.0486. The fourth-order valence-electron chi connectivity index (χ4n) is 1.05. The summed E-state index contributed by atoms with van der Waals surface area (Å²) in [5.74, 6) is 5.56. The van der Waals surface area contributed by atoms with E-state index in [1.54, 1.807) is 6.07 Å². The molecule has 0 aromatic carbocycles. The highest BCUT2D eigenvalue weighted by Crippen LogP contribution is 2.26. The maximum atomic E-state index is 11.5. The number of hydrogen-bond donors (Lipinski definition) is 1. The zero-order valence-corrected chi connectivity index (χ0v) is 7.38. The van der Waals surface area contributed by atoms with Crippen LogP contribution < -0.4 is 5.84 Å². The summed E-state index contributed by atoms with van der Waals surface area (Å²) in [7, 11) is 0. The fraction of sp³-hybridized carbons (Fsp3) is 0.375. The number of hydrazine groups is 1. The SMILES string of the molecule is NN(C(=O)c1cccs1)C1CC1. The second-order valence-corrected chi connectivity index (χ2v) is 3.87. The summed E-state index contributed by atoms with van der Waals surface area (Å²) in [6, 6.07) is 3.95. The van der Waals surface area contributed by atoms with Gasteiger partial charge in [0.15, 0.2) is 0 Å². The van der Waals surface area contributed by atoms with Crippen LogP contribution in [0.5, 0.6) is 0 Å². The molecule has 0 spiro atoms. The maximum Gasteiger partial charge on any atom is 0.278 e. The zero-order chi connectivity index (χ0) is 8.55. The Morgan fingerprint density at radius 2 is 2.42 bits per heavy atom. The summed E-state index contributed by atoms with van der Waals surface area (Å²) >= 11 is 1.43. The van der Waals surface area contributed by atoms with Gasteiger partial charge in [0, 0.05) is 6.04 Å². The summed E-state index contributed by atoms with van der Waals surface area (Å²) in [6.45, 7) is 0. The van der Waals surface area contributed by atoms with E-state index in [9.17, 15) is 4.79 Å². The Kier molecular flexibility index (Phi) is 1.86. The molecule has 0 aliphatic heterocycles. The lowest BCUT2D eigenvalue weighted by molar-refractivity contribution is 0.0748. The molecule has 2 N–H and O–H groups in total. The Labute approximate surface area is 74.8 Å². The Morgan fingerprint density at radius 3 is 2.92 bits per heavy atom. The van der Waals surface area contributed by atoms with Crippen LogP contribution in [0.25, 0.3) is 0 Å². The van der Waals surface area contributed by atoms with E-state index >= 15 is 0 Å². The lowest BCUT2D eigenvalue weighted by atomic mass is 10.4. The van der Waals surface area contributed by atoms with Gasteiger partial charge in [-0.15, -0.1) is 11.3 Å². The Bertz CT molecular complexity index is 279. The lowest BCUT2D eigenvalue weighted by Gasteiger charge is -2.13. The van der Waals surface area contributed by atoms with Crippen LogP contribution in [-0.4, -0.2) is 17.0 Å². The topological polar surface area (TPSA) is 46.3 Å². The molecule has 0 atom stereocenters. The van der Waals surface area contributed by atoms with Gasteiger partial charge in [-0.3, -0.25) is 9.80 Å². The molecule has 2 rings (SSSR count). The first-order chi connectivity index (χ1) is 5.79. The summed E-state index contributed by atoms with van der Waals surface area (Å²) < 4.78 is 0. The van der Waals surface area contributed by atoms with Gasteiger partial charge in [0.25, 0.3) is 5.91 Å². The van der Waals surface area contributed by atoms with Gasteiger partial charge in [0.2, 0.25) is 0 Å². The van der Waals surface area contributed by atoms with Crippen molar-refractivity contribution >= 4 is 17.2 Å². The normalized spacial score (nSPS) is 16.1. The van der Waals surface area contributed by atoms with Gasteiger partial charge in [-0.05, 0) is 24.3 Å². The molecule has 1 amide bonds. The molecule has 12 heavy (non-hydrogen) atoms. The van der Waals surface area contributed by atoms with Crippen molar-refractivity contribution in [2.75, 3.05) is 0 Å². The largest absolute Gasteiger partial charge is 0.278 e. The van der Waals surface area contributed by atoms with Crippen molar-refractivity contribution in [1.29, 1.82) is 0 Å². The molecule has 0 bridgehead atoms. The monoisotopic (exact) mass is 182 g/mol. The van der Waals surface area contributed by atoms with Crippen molar-refractivity contribution < 1.29 is 4.79 Å². The number of nitrogens with two attached hydrogens (primary N) is 1. The summed E-state index contributed by atoms with van der Waals surface area (Å²) in [5, 5.41) is 3.24. The van der Waals surface area contributed by atoms with Crippen LogP contribution in [0.2, 0.25) is 0 Å². The second-order valence-electron chi connectivity index (χ2n) is 2.92. The molecule has 1 aliphatic rings. The third-order valence-electron chi connectivity index (χ3n) is 1.91. The number of rotatable bonds is 2. The minimum Gasteiger partial charge on any atom is -0.273 e. The van der Waals surface area contributed by atoms with Crippen molar-refractivity contribution in [3.05, 3.63) is 22.4 Å². The standard InChI is InChI=1S/C8H10N2OS/c9-10(6-3-4-6)8(11)7-2-1-5-12-7/h1-2,5-6H,3-4,9H2. The van der Waals surface area contributed by atoms with Gasteiger partial charge in [0.1, 0.15) is 0 Å². The quantitative estimate of drug-likeness (QED) is 0.425. The fourth-order valence-corrected chi connectivity index (χ4v) is 1.71. The molecule has 0 radical (unpaired) electrons. The number of carbonyl (C=O) groups is 1. The average molecular weight is 182 g/mol. The highest BCUT2D eigenvalue weighted by molar-refractivity contribution is 7.12. The predicted octanol–water partition coefficient (Wildman–Crippen LogP) is 1.23. The van der Waals surface area contributed by atoms with Gasteiger partial charge >= 0.3 is 0 Å². The van der Waals surface area contributed by atoms with E-state index in [-0.39, 0.29) is 5.91 Å². The van der Waals surface area contributed by atoms with Gasteiger partial charge in [-0.25, -0.2) is 5.84 Å². The van der Waals surface area contributed by atoms with E-state index in [4.69, 9.17) is 5.84 Å².